The van der Waals surface area contributed by atoms with E-state index in [-0.39, 0.29) is 24.5 Å². The third kappa shape index (κ3) is 2.69. The van der Waals surface area contributed by atoms with Crippen LogP contribution in [0.2, 0.25) is 0 Å². The van der Waals surface area contributed by atoms with E-state index in [9.17, 15) is 9.59 Å². The van der Waals surface area contributed by atoms with Gasteiger partial charge in [-0.05, 0) is 12.8 Å². The van der Waals surface area contributed by atoms with Gasteiger partial charge in [-0.2, -0.15) is 0 Å². The predicted molar refractivity (Wildman–Crippen MR) is 44.2 cm³/mol. The van der Waals surface area contributed by atoms with Gasteiger partial charge in [0.2, 0.25) is 0 Å². The number of carboxylic acid groups (broad SMARTS) is 1. The molecule has 2 N–H and O–H groups in total. The van der Waals surface area contributed by atoms with Gasteiger partial charge in [-0.15, -0.1) is 0 Å². The molecule has 0 unspecified atom stereocenters. The number of methoxy groups -OCH3 is 1. The van der Waals surface area contributed by atoms with Crippen molar-refractivity contribution in [3.63, 3.8) is 0 Å². The summed E-state index contributed by atoms with van der Waals surface area (Å²) in [6.07, 6.45) is 1.43. The van der Waals surface area contributed by atoms with Crippen LogP contribution in [0.25, 0.3) is 0 Å². The summed E-state index contributed by atoms with van der Waals surface area (Å²) < 4.78 is 4.54. The summed E-state index contributed by atoms with van der Waals surface area (Å²) in [5.74, 6) is -1.16. The number of rotatable bonds is 3. The fraction of sp³-hybridized carbons (Fsp3) is 0.750. The van der Waals surface area contributed by atoms with Gasteiger partial charge in [0.15, 0.2) is 0 Å². The summed E-state index contributed by atoms with van der Waals surface area (Å²) in [5, 5.41) is 11.4. The Morgan fingerprint density at radius 2 is 2.23 bits per heavy atom. The zero-order chi connectivity index (χ0) is 9.84. The lowest BCUT2D eigenvalue weighted by atomic mass is 10.1. The van der Waals surface area contributed by atoms with Gasteiger partial charge >= 0.3 is 11.9 Å². The molecule has 0 aromatic rings. The maximum atomic E-state index is 11.0. The minimum atomic E-state index is -0.844. The van der Waals surface area contributed by atoms with Gasteiger partial charge in [-0.3, -0.25) is 9.59 Å². The van der Waals surface area contributed by atoms with Crippen LogP contribution in [0, 0.1) is 0 Å². The van der Waals surface area contributed by atoms with Gasteiger partial charge in [0, 0.05) is 6.04 Å². The summed E-state index contributed by atoms with van der Waals surface area (Å²) in [6, 6.07) is -0.420. The highest BCUT2D eigenvalue weighted by Gasteiger charge is 2.30. The van der Waals surface area contributed by atoms with E-state index in [4.69, 9.17) is 5.11 Å². The van der Waals surface area contributed by atoms with Crippen LogP contribution >= 0.6 is 0 Å². The van der Waals surface area contributed by atoms with Crippen LogP contribution in [0.5, 0.6) is 0 Å². The first-order valence-corrected chi connectivity index (χ1v) is 4.19. The Morgan fingerprint density at radius 3 is 2.77 bits per heavy atom. The fourth-order valence-electron chi connectivity index (χ4n) is 1.52. The molecule has 1 saturated heterocycles. The van der Waals surface area contributed by atoms with Gasteiger partial charge in [-0.1, -0.05) is 0 Å². The van der Waals surface area contributed by atoms with Crippen molar-refractivity contribution in [2.75, 3.05) is 7.11 Å². The molecule has 0 bridgehead atoms. The van der Waals surface area contributed by atoms with Crippen molar-refractivity contribution in [3.8, 4) is 0 Å². The number of ether oxygens (including phenoxy) is 1. The summed E-state index contributed by atoms with van der Waals surface area (Å²) in [4.78, 5) is 21.4. The molecule has 1 fully saturated rings. The lowest BCUT2D eigenvalue weighted by Crippen LogP contribution is -2.37. The Balaban J connectivity index is 2.36. The fourth-order valence-corrected chi connectivity index (χ4v) is 1.52. The van der Waals surface area contributed by atoms with Crippen molar-refractivity contribution >= 4 is 11.9 Å². The summed E-state index contributed by atoms with van der Waals surface area (Å²) in [7, 11) is 1.33. The van der Waals surface area contributed by atoms with Crippen molar-refractivity contribution in [2.24, 2.45) is 0 Å². The van der Waals surface area contributed by atoms with Crippen molar-refractivity contribution in [1.82, 2.24) is 5.32 Å². The number of aliphatic carboxylic acids is 1. The molecule has 1 heterocycles. The predicted octanol–water partition coefficient (Wildman–Crippen LogP) is -0.245. The quantitative estimate of drug-likeness (QED) is 0.596. The second-order valence-electron chi connectivity index (χ2n) is 3.11. The van der Waals surface area contributed by atoms with E-state index >= 15 is 0 Å². The molecule has 0 aliphatic carbocycles. The molecule has 0 radical (unpaired) electrons. The molecule has 1 rings (SSSR count). The van der Waals surface area contributed by atoms with Crippen molar-refractivity contribution < 1.29 is 19.4 Å². The molecule has 2 atom stereocenters. The molecular formula is C8H13NO4. The summed E-state index contributed by atoms with van der Waals surface area (Å²) in [5.41, 5.74) is 0. The maximum Gasteiger partial charge on any atom is 0.322 e. The number of carbonyl (C=O) groups is 2. The molecule has 0 amide bonds. The molecular weight excluding hydrogens is 174 g/mol. The van der Waals surface area contributed by atoms with E-state index in [2.05, 4.69) is 10.1 Å². The smallest absolute Gasteiger partial charge is 0.322 e. The second-order valence-corrected chi connectivity index (χ2v) is 3.11. The van der Waals surface area contributed by atoms with E-state index in [1.807, 2.05) is 0 Å². The van der Waals surface area contributed by atoms with E-state index in [0.29, 0.717) is 12.8 Å². The average molecular weight is 187 g/mol. The van der Waals surface area contributed by atoms with Crippen molar-refractivity contribution in [3.05, 3.63) is 0 Å². The Labute approximate surface area is 76.1 Å². The molecule has 5 nitrogen and oxygen atoms in total. The summed E-state index contributed by atoms with van der Waals surface area (Å²) >= 11 is 0. The molecule has 1 aliphatic heterocycles. The average Bonchev–Trinajstić information content (AvgIpc) is 2.50. The van der Waals surface area contributed by atoms with Crippen LogP contribution in [0.1, 0.15) is 19.3 Å². The Kier molecular flexibility index (Phi) is 3.25. The van der Waals surface area contributed by atoms with Crippen LogP contribution in [-0.2, 0) is 14.3 Å². The highest BCUT2D eigenvalue weighted by atomic mass is 16.5. The summed E-state index contributed by atoms with van der Waals surface area (Å²) in [6.45, 7) is 0. The van der Waals surface area contributed by atoms with E-state index in [0.717, 1.165) is 0 Å². The van der Waals surface area contributed by atoms with Crippen LogP contribution < -0.4 is 5.32 Å². The Hall–Kier alpha value is -1.10. The molecule has 0 aromatic carbocycles. The largest absolute Gasteiger partial charge is 0.481 e. The first kappa shape index (κ1) is 9.98. The first-order chi connectivity index (χ1) is 6.13. The Morgan fingerprint density at radius 1 is 1.54 bits per heavy atom. The highest BCUT2D eigenvalue weighted by molar-refractivity contribution is 5.76. The number of esters is 1. The van der Waals surface area contributed by atoms with E-state index in [1.54, 1.807) is 0 Å². The second kappa shape index (κ2) is 4.23. The molecule has 0 spiro atoms. The molecule has 1 aliphatic rings. The first-order valence-electron chi connectivity index (χ1n) is 4.19. The van der Waals surface area contributed by atoms with Crippen LogP contribution in [0.3, 0.4) is 0 Å². The molecule has 5 heteroatoms. The molecule has 13 heavy (non-hydrogen) atoms. The van der Waals surface area contributed by atoms with Crippen LogP contribution in [0.15, 0.2) is 0 Å². The van der Waals surface area contributed by atoms with E-state index < -0.39 is 5.97 Å². The van der Waals surface area contributed by atoms with Crippen LogP contribution in [0.4, 0.5) is 0 Å². The minimum absolute atomic E-state index is 0.0630. The highest BCUT2D eigenvalue weighted by Crippen LogP contribution is 2.15. The molecule has 74 valence electrons. The maximum absolute atomic E-state index is 11.0. The topological polar surface area (TPSA) is 75.6 Å². The van der Waals surface area contributed by atoms with Crippen molar-refractivity contribution in [2.45, 2.75) is 31.3 Å². The molecule has 0 aromatic heterocycles. The third-order valence-electron chi connectivity index (χ3n) is 2.15. The number of hydrogen-bond donors (Lipinski definition) is 2. The van der Waals surface area contributed by atoms with Gasteiger partial charge < -0.3 is 15.2 Å². The van der Waals surface area contributed by atoms with Crippen LogP contribution in [-0.4, -0.2) is 36.2 Å². The number of carboxylic acids is 1. The molecule has 0 saturated carbocycles. The number of carbonyl (C=O) groups excluding carboxylic acids is 1. The van der Waals surface area contributed by atoms with Gasteiger partial charge in [-0.25, -0.2) is 0 Å². The van der Waals surface area contributed by atoms with Gasteiger partial charge in [0.1, 0.15) is 6.04 Å². The normalized spacial score (nSPS) is 27.2. The lowest BCUT2D eigenvalue weighted by molar-refractivity contribution is -0.143. The van der Waals surface area contributed by atoms with Gasteiger partial charge in [0.05, 0.1) is 13.5 Å². The zero-order valence-corrected chi connectivity index (χ0v) is 7.45. The lowest BCUT2D eigenvalue weighted by Gasteiger charge is -2.10. The third-order valence-corrected chi connectivity index (χ3v) is 2.15. The van der Waals surface area contributed by atoms with Crippen molar-refractivity contribution in [1.29, 1.82) is 0 Å². The zero-order valence-electron chi connectivity index (χ0n) is 7.45. The minimum Gasteiger partial charge on any atom is -0.481 e. The number of hydrogen-bond acceptors (Lipinski definition) is 4. The van der Waals surface area contributed by atoms with E-state index in [1.165, 1.54) is 7.11 Å². The Bertz CT molecular complexity index is 216. The standard InChI is InChI=1S/C8H13NO4/c1-13-8(12)6-3-2-5(9-6)4-7(10)11/h5-6,9H,2-4H2,1H3,(H,10,11)/t5-,6+/m0/s1. The number of nitrogens with one attached hydrogen (secondary N) is 1. The monoisotopic (exact) mass is 187 g/mol. The SMILES string of the molecule is COC(=O)[C@H]1CC[C@@H](CC(=O)O)N1. The van der Waals surface area contributed by atoms with Gasteiger partial charge in [0.25, 0.3) is 0 Å².